The molecule has 4 rings (SSSR count). The van der Waals surface area contributed by atoms with Gasteiger partial charge in [-0.2, -0.15) is 0 Å². The van der Waals surface area contributed by atoms with Crippen LogP contribution in [0.25, 0.3) is 11.5 Å². The molecule has 130 valence electrons. The molecule has 0 N–H and O–H groups in total. The highest BCUT2D eigenvalue weighted by molar-refractivity contribution is 7.07. The fraction of sp³-hybridized carbons (Fsp3) is 0.444. The summed E-state index contributed by atoms with van der Waals surface area (Å²) in [4.78, 5) is 20.4. The van der Waals surface area contributed by atoms with Crippen LogP contribution in [0.3, 0.4) is 0 Å². The Morgan fingerprint density at radius 3 is 2.84 bits per heavy atom. The summed E-state index contributed by atoms with van der Waals surface area (Å²) in [5, 5.41) is 2.14. The first-order valence-electron chi connectivity index (χ1n) is 8.66. The second-order valence-electron chi connectivity index (χ2n) is 6.68. The van der Waals surface area contributed by atoms with Gasteiger partial charge >= 0.3 is 0 Å². The normalized spacial score (nSPS) is 18.5. The summed E-state index contributed by atoms with van der Waals surface area (Å²) in [6.45, 7) is 3.24. The number of imidazole rings is 1. The third kappa shape index (κ3) is 3.93. The van der Waals surface area contributed by atoms with Crippen molar-refractivity contribution in [2.24, 2.45) is 13.0 Å². The van der Waals surface area contributed by atoms with Gasteiger partial charge in [0.15, 0.2) is 5.82 Å². The van der Waals surface area contributed by atoms with Gasteiger partial charge in [0, 0.05) is 44.1 Å². The molecule has 0 aliphatic carbocycles. The first-order chi connectivity index (χ1) is 12.3. The molecule has 3 aromatic rings. The van der Waals surface area contributed by atoms with Gasteiger partial charge in [0.05, 0.1) is 23.1 Å². The molecule has 0 amide bonds. The first kappa shape index (κ1) is 16.4. The van der Waals surface area contributed by atoms with Crippen LogP contribution in [0, 0.1) is 5.92 Å². The molecule has 0 aromatic carbocycles. The first-order valence-corrected chi connectivity index (χ1v) is 9.60. The lowest BCUT2D eigenvalue weighted by atomic mass is 9.93. The summed E-state index contributed by atoms with van der Waals surface area (Å²) in [6, 6.07) is 0. The Labute approximate surface area is 151 Å². The van der Waals surface area contributed by atoms with Crippen LogP contribution in [0.15, 0.2) is 35.7 Å². The maximum Gasteiger partial charge on any atom is 0.159 e. The summed E-state index contributed by atoms with van der Waals surface area (Å²) < 4.78 is 1.96. The number of nitrogens with zero attached hydrogens (tertiary/aromatic N) is 6. The number of piperidine rings is 1. The monoisotopic (exact) mass is 354 g/mol. The largest absolute Gasteiger partial charge is 0.333 e. The third-order valence-corrected chi connectivity index (χ3v) is 5.36. The molecule has 0 unspecified atom stereocenters. The van der Waals surface area contributed by atoms with E-state index < -0.39 is 0 Å². The van der Waals surface area contributed by atoms with Crippen LogP contribution < -0.4 is 0 Å². The number of thiazole rings is 1. The van der Waals surface area contributed by atoms with Crippen molar-refractivity contribution in [2.45, 2.75) is 25.8 Å². The summed E-state index contributed by atoms with van der Waals surface area (Å²) in [7, 11) is 1.97. The molecule has 1 fully saturated rings. The smallest absolute Gasteiger partial charge is 0.159 e. The highest BCUT2D eigenvalue weighted by Gasteiger charge is 2.21. The average molecular weight is 354 g/mol. The van der Waals surface area contributed by atoms with Gasteiger partial charge in [0.1, 0.15) is 5.69 Å². The Balaban J connectivity index is 1.37. The zero-order chi connectivity index (χ0) is 17.1. The van der Waals surface area contributed by atoms with Crippen molar-refractivity contribution in [3.05, 3.63) is 47.1 Å². The summed E-state index contributed by atoms with van der Waals surface area (Å²) in [5.74, 6) is 1.49. The quantitative estimate of drug-likeness (QED) is 0.705. The van der Waals surface area contributed by atoms with E-state index in [1.54, 1.807) is 17.5 Å². The van der Waals surface area contributed by atoms with E-state index in [4.69, 9.17) is 0 Å². The number of aromatic nitrogens is 5. The van der Waals surface area contributed by atoms with Crippen LogP contribution in [0.1, 0.15) is 24.2 Å². The molecule has 3 aromatic heterocycles. The predicted molar refractivity (Wildman–Crippen MR) is 98.1 cm³/mol. The van der Waals surface area contributed by atoms with E-state index in [-0.39, 0.29) is 0 Å². The Bertz CT molecular complexity index is 795. The van der Waals surface area contributed by atoms with Gasteiger partial charge < -0.3 is 4.57 Å². The second-order valence-corrected chi connectivity index (χ2v) is 7.40. The highest BCUT2D eigenvalue weighted by Crippen LogP contribution is 2.22. The van der Waals surface area contributed by atoms with E-state index in [0.29, 0.717) is 5.92 Å². The van der Waals surface area contributed by atoms with Crippen molar-refractivity contribution in [1.82, 2.24) is 29.4 Å². The minimum absolute atomic E-state index is 0.640. The number of hydrogen-bond acceptors (Lipinski definition) is 6. The molecule has 6 nitrogen and oxygen atoms in total. The fourth-order valence-corrected chi connectivity index (χ4v) is 4.04. The van der Waals surface area contributed by atoms with Crippen LogP contribution in [-0.2, 0) is 20.0 Å². The van der Waals surface area contributed by atoms with Gasteiger partial charge in [0.25, 0.3) is 0 Å². The van der Waals surface area contributed by atoms with Gasteiger partial charge in [-0.25, -0.2) is 15.0 Å². The number of aryl methyl sites for hydroxylation is 1. The summed E-state index contributed by atoms with van der Waals surface area (Å²) in [6.07, 6.45) is 10.9. The maximum absolute atomic E-state index is 4.63. The summed E-state index contributed by atoms with van der Waals surface area (Å²) in [5.41, 5.74) is 4.99. The van der Waals surface area contributed by atoms with Crippen LogP contribution >= 0.6 is 11.3 Å². The molecular weight excluding hydrogens is 332 g/mol. The van der Waals surface area contributed by atoms with Gasteiger partial charge in [-0.1, -0.05) is 0 Å². The molecule has 0 saturated carbocycles. The molecule has 0 radical (unpaired) electrons. The van der Waals surface area contributed by atoms with E-state index in [0.717, 1.165) is 43.3 Å². The number of hydrogen-bond donors (Lipinski definition) is 0. The molecule has 1 saturated heterocycles. The van der Waals surface area contributed by atoms with E-state index >= 15 is 0 Å². The molecule has 1 aliphatic heterocycles. The van der Waals surface area contributed by atoms with E-state index in [1.165, 1.54) is 18.5 Å². The number of likely N-dealkylation sites (tertiary alicyclic amines) is 1. The van der Waals surface area contributed by atoms with Crippen LogP contribution in [0.5, 0.6) is 0 Å². The molecule has 4 heterocycles. The Morgan fingerprint density at radius 2 is 2.12 bits per heavy atom. The zero-order valence-electron chi connectivity index (χ0n) is 14.4. The standard InChI is InChI=1S/C18H22N6S/c1-23-6-4-19-18(23)17-9-20-15(8-21-17)7-14-3-2-5-24(10-14)11-16-12-25-13-22-16/h4,6,8-9,12-14H,2-3,5,7,10-11H2,1H3/t14-/m0/s1. The number of rotatable bonds is 5. The van der Waals surface area contributed by atoms with Crippen molar-refractivity contribution < 1.29 is 0 Å². The minimum atomic E-state index is 0.640. The SMILES string of the molecule is Cn1ccnc1-c1cnc(C[C@@H]2CCCN(Cc3cscn3)C2)cn1. The Kier molecular flexibility index (Phi) is 4.85. The average Bonchev–Trinajstić information content (AvgIpc) is 3.28. The van der Waals surface area contributed by atoms with Crippen LogP contribution in [0.2, 0.25) is 0 Å². The van der Waals surface area contributed by atoms with Crippen molar-refractivity contribution in [3.8, 4) is 11.5 Å². The Hall–Kier alpha value is -2.12. The lowest BCUT2D eigenvalue weighted by Crippen LogP contribution is -2.35. The lowest BCUT2D eigenvalue weighted by molar-refractivity contribution is 0.165. The van der Waals surface area contributed by atoms with Crippen molar-refractivity contribution in [3.63, 3.8) is 0 Å². The molecule has 1 aliphatic rings. The van der Waals surface area contributed by atoms with Gasteiger partial charge in [0.2, 0.25) is 0 Å². The van der Waals surface area contributed by atoms with Crippen molar-refractivity contribution >= 4 is 11.3 Å². The van der Waals surface area contributed by atoms with Gasteiger partial charge in [-0.15, -0.1) is 11.3 Å². The van der Waals surface area contributed by atoms with Crippen LogP contribution in [0.4, 0.5) is 0 Å². The van der Waals surface area contributed by atoms with E-state index in [9.17, 15) is 0 Å². The highest BCUT2D eigenvalue weighted by atomic mass is 32.1. The zero-order valence-corrected chi connectivity index (χ0v) is 15.2. The van der Waals surface area contributed by atoms with E-state index in [2.05, 4.69) is 30.2 Å². The maximum atomic E-state index is 4.63. The summed E-state index contributed by atoms with van der Waals surface area (Å²) >= 11 is 1.67. The van der Waals surface area contributed by atoms with Crippen LogP contribution in [-0.4, -0.2) is 42.5 Å². The molecule has 7 heteroatoms. The topological polar surface area (TPSA) is 59.7 Å². The van der Waals surface area contributed by atoms with Crippen molar-refractivity contribution in [1.29, 1.82) is 0 Å². The Morgan fingerprint density at radius 1 is 1.16 bits per heavy atom. The third-order valence-electron chi connectivity index (χ3n) is 4.73. The lowest BCUT2D eigenvalue weighted by Gasteiger charge is -2.32. The van der Waals surface area contributed by atoms with Crippen molar-refractivity contribution in [2.75, 3.05) is 13.1 Å². The predicted octanol–water partition coefficient (Wildman–Crippen LogP) is 2.79. The molecular formula is C18H22N6S. The minimum Gasteiger partial charge on any atom is -0.333 e. The molecule has 1 atom stereocenters. The fourth-order valence-electron chi connectivity index (χ4n) is 3.49. The van der Waals surface area contributed by atoms with E-state index in [1.807, 2.05) is 35.7 Å². The molecule has 0 bridgehead atoms. The molecule has 25 heavy (non-hydrogen) atoms. The van der Waals surface area contributed by atoms with Gasteiger partial charge in [-0.05, 0) is 31.7 Å². The van der Waals surface area contributed by atoms with Gasteiger partial charge in [-0.3, -0.25) is 9.88 Å². The molecule has 0 spiro atoms. The second kappa shape index (κ2) is 7.41.